The van der Waals surface area contributed by atoms with E-state index in [9.17, 15) is 9.90 Å². The van der Waals surface area contributed by atoms with Crippen LogP contribution >= 0.6 is 0 Å². The monoisotopic (exact) mass is 384 g/mol. The smallest absolute Gasteiger partial charge is 0.347 e. The molecule has 28 heavy (non-hydrogen) atoms. The number of esters is 1. The van der Waals surface area contributed by atoms with Gasteiger partial charge in [-0.1, -0.05) is 74.5 Å². The summed E-state index contributed by atoms with van der Waals surface area (Å²) in [5.74, 6) is -0.627. The molecule has 0 aromatic heterocycles. The van der Waals surface area contributed by atoms with E-state index >= 15 is 0 Å². The fourth-order valence-corrected chi connectivity index (χ4v) is 3.81. The largest absolute Gasteiger partial charge is 0.462 e. The standard InChI is InChI=1S/C24H34NO3/c1-6-23(7-2,18-25(3,4)5)19-28-22(26)24(27,20-14-10-8-11-15-20)21-16-12-9-13-17-21/h8-17,27H,6-7,18-19H2,1-5H3/q+1. The molecule has 0 unspecified atom stereocenters. The van der Waals surface area contributed by atoms with E-state index in [1.54, 1.807) is 24.3 Å². The van der Waals surface area contributed by atoms with Crippen molar-refractivity contribution in [1.82, 2.24) is 0 Å². The van der Waals surface area contributed by atoms with Crippen molar-refractivity contribution in [3.8, 4) is 0 Å². The van der Waals surface area contributed by atoms with E-state index < -0.39 is 11.6 Å². The first-order valence-electron chi connectivity index (χ1n) is 9.98. The SMILES string of the molecule is CCC(CC)(COC(=O)C(O)(c1ccccc1)c1ccccc1)C[N+](C)(C)C. The molecule has 2 rings (SSSR count). The molecule has 0 aliphatic rings. The van der Waals surface area contributed by atoms with Gasteiger partial charge in [-0.3, -0.25) is 0 Å². The second kappa shape index (κ2) is 8.89. The van der Waals surface area contributed by atoms with Crippen LogP contribution < -0.4 is 0 Å². The molecule has 0 spiro atoms. The predicted octanol–water partition coefficient (Wildman–Crippen LogP) is 3.98. The molecule has 4 heteroatoms. The first-order chi connectivity index (χ1) is 13.2. The molecule has 0 saturated heterocycles. The van der Waals surface area contributed by atoms with Gasteiger partial charge in [0.25, 0.3) is 0 Å². The third-order valence-electron chi connectivity index (χ3n) is 5.50. The first-order valence-corrected chi connectivity index (χ1v) is 9.98. The Morgan fingerprint density at radius 3 is 1.68 bits per heavy atom. The predicted molar refractivity (Wildman–Crippen MR) is 113 cm³/mol. The zero-order chi connectivity index (χ0) is 20.8. The molecule has 2 aromatic carbocycles. The van der Waals surface area contributed by atoms with E-state index in [4.69, 9.17) is 4.74 Å². The molecule has 1 N–H and O–H groups in total. The Morgan fingerprint density at radius 2 is 1.32 bits per heavy atom. The summed E-state index contributed by atoms with van der Waals surface area (Å²) < 4.78 is 6.60. The second-order valence-corrected chi connectivity index (χ2v) is 8.67. The summed E-state index contributed by atoms with van der Waals surface area (Å²) in [6.07, 6.45) is 1.81. The van der Waals surface area contributed by atoms with Gasteiger partial charge in [0.2, 0.25) is 5.60 Å². The van der Waals surface area contributed by atoms with Crippen LogP contribution in [0.25, 0.3) is 0 Å². The van der Waals surface area contributed by atoms with Gasteiger partial charge in [-0.25, -0.2) is 4.79 Å². The molecule has 0 bridgehead atoms. The van der Waals surface area contributed by atoms with Gasteiger partial charge in [0.1, 0.15) is 6.61 Å². The van der Waals surface area contributed by atoms with Crippen molar-refractivity contribution < 1.29 is 19.1 Å². The summed E-state index contributed by atoms with van der Waals surface area (Å²) in [7, 11) is 6.44. The van der Waals surface area contributed by atoms with Crippen LogP contribution in [-0.4, -0.2) is 49.9 Å². The lowest BCUT2D eigenvalue weighted by molar-refractivity contribution is -0.877. The summed E-state index contributed by atoms with van der Waals surface area (Å²) in [6, 6.07) is 18.0. The number of hydrogen-bond acceptors (Lipinski definition) is 3. The van der Waals surface area contributed by atoms with E-state index in [2.05, 4.69) is 35.0 Å². The molecule has 0 amide bonds. The second-order valence-electron chi connectivity index (χ2n) is 8.67. The number of benzene rings is 2. The number of rotatable bonds is 9. The topological polar surface area (TPSA) is 46.5 Å². The maximum Gasteiger partial charge on any atom is 0.347 e. The summed E-state index contributed by atoms with van der Waals surface area (Å²) in [4.78, 5) is 13.2. The van der Waals surface area contributed by atoms with Gasteiger partial charge in [0.15, 0.2) is 0 Å². The molecular formula is C24H34NO3+. The van der Waals surface area contributed by atoms with Crippen LogP contribution in [0.1, 0.15) is 37.8 Å². The molecule has 152 valence electrons. The van der Waals surface area contributed by atoms with E-state index in [-0.39, 0.29) is 12.0 Å². The molecule has 0 radical (unpaired) electrons. The highest BCUT2D eigenvalue weighted by atomic mass is 16.6. The number of carbonyl (C=O) groups is 1. The van der Waals surface area contributed by atoms with Crippen molar-refractivity contribution >= 4 is 5.97 Å². The molecule has 0 fully saturated rings. The fraction of sp³-hybridized carbons (Fsp3) is 0.458. The van der Waals surface area contributed by atoms with E-state index in [1.165, 1.54) is 0 Å². The third kappa shape index (κ3) is 5.00. The van der Waals surface area contributed by atoms with Crippen LogP contribution in [-0.2, 0) is 15.1 Å². The summed E-state index contributed by atoms with van der Waals surface area (Å²) >= 11 is 0. The fourth-order valence-electron chi connectivity index (χ4n) is 3.81. The normalized spacial score (nSPS) is 12.6. The highest BCUT2D eigenvalue weighted by molar-refractivity contribution is 5.85. The average molecular weight is 385 g/mol. The van der Waals surface area contributed by atoms with Crippen molar-refractivity contribution in [2.45, 2.75) is 32.3 Å². The number of hydrogen-bond donors (Lipinski definition) is 1. The lowest BCUT2D eigenvalue weighted by Crippen LogP contribution is -2.48. The summed E-state index contributed by atoms with van der Waals surface area (Å²) in [5.41, 5.74) is -0.929. The lowest BCUT2D eigenvalue weighted by atomic mass is 9.82. The minimum atomic E-state index is -1.83. The van der Waals surface area contributed by atoms with Crippen LogP contribution in [0.5, 0.6) is 0 Å². The van der Waals surface area contributed by atoms with Gasteiger partial charge < -0.3 is 14.3 Å². The van der Waals surface area contributed by atoms with Crippen molar-refractivity contribution in [1.29, 1.82) is 0 Å². The zero-order valence-corrected chi connectivity index (χ0v) is 17.8. The van der Waals surface area contributed by atoms with Crippen molar-refractivity contribution in [3.05, 3.63) is 71.8 Å². The Balaban J connectivity index is 2.34. The van der Waals surface area contributed by atoms with Gasteiger partial charge in [-0.05, 0) is 24.0 Å². The minimum absolute atomic E-state index is 0.123. The Morgan fingerprint density at radius 1 is 0.893 bits per heavy atom. The average Bonchev–Trinajstić information content (AvgIpc) is 2.70. The number of aliphatic hydroxyl groups is 1. The zero-order valence-electron chi connectivity index (χ0n) is 17.8. The van der Waals surface area contributed by atoms with E-state index in [1.807, 2.05) is 36.4 Å². The highest BCUT2D eigenvalue weighted by Crippen LogP contribution is 2.34. The number of carbonyl (C=O) groups excluding carboxylic acids is 1. The van der Waals surface area contributed by atoms with Gasteiger partial charge >= 0.3 is 5.97 Å². The van der Waals surface area contributed by atoms with Gasteiger partial charge in [-0.15, -0.1) is 0 Å². The quantitative estimate of drug-likeness (QED) is 0.525. The van der Waals surface area contributed by atoms with Crippen molar-refractivity contribution in [3.63, 3.8) is 0 Å². The highest BCUT2D eigenvalue weighted by Gasteiger charge is 2.43. The molecule has 0 atom stereocenters. The Kier molecular flexibility index (Phi) is 7.02. The van der Waals surface area contributed by atoms with Gasteiger partial charge in [0.05, 0.1) is 33.1 Å². The van der Waals surface area contributed by atoms with E-state index in [0.717, 1.165) is 23.9 Å². The third-order valence-corrected chi connectivity index (χ3v) is 5.50. The lowest BCUT2D eigenvalue weighted by Gasteiger charge is -2.38. The minimum Gasteiger partial charge on any atom is -0.462 e. The van der Waals surface area contributed by atoms with Crippen molar-refractivity contribution in [2.24, 2.45) is 5.41 Å². The van der Waals surface area contributed by atoms with Crippen molar-refractivity contribution in [2.75, 3.05) is 34.3 Å². The Labute approximate surface area is 169 Å². The van der Waals surface area contributed by atoms with Crippen LogP contribution in [0.2, 0.25) is 0 Å². The maximum absolute atomic E-state index is 13.2. The maximum atomic E-state index is 13.2. The molecule has 2 aromatic rings. The summed E-state index contributed by atoms with van der Waals surface area (Å²) in [6.45, 7) is 5.44. The Hall–Kier alpha value is -2.17. The number of quaternary nitrogens is 1. The Bertz CT molecular complexity index is 707. The van der Waals surface area contributed by atoms with Gasteiger partial charge in [0, 0.05) is 0 Å². The molecule has 0 heterocycles. The molecule has 4 nitrogen and oxygen atoms in total. The van der Waals surface area contributed by atoms with Crippen LogP contribution in [0, 0.1) is 5.41 Å². The molecular weight excluding hydrogens is 350 g/mol. The van der Waals surface area contributed by atoms with Crippen LogP contribution in [0.4, 0.5) is 0 Å². The molecule has 0 aliphatic heterocycles. The van der Waals surface area contributed by atoms with Crippen LogP contribution in [0.15, 0.2) is 60.7 Å². The number of ether oxygens (including phenoxy) is 1. The molecule has 0 aliphatic carbocycles. The van der Waals surface area contributed by atoms with E-state index in [0.29, 0.717) is 11.1 Å². The first kappa shape index (κ1) is 22.1. The number of nitrogens with zero attached hydrogens (tertiary/aromatic N) is 1. The molecule has 0 saturated carbocycles. The van der Waals surface area contributed by atoms with Crippen LogP contribution in [0.3, 0.4) is 0 Å². The summed E-state index contributed by atoms with van der Waals surface area (Å²) in [5, 5.41) is 11.5. The van der Waals surface area contributed by atoms with Gasteiger partial charge in [-0.2, -0.15) is 0 Å².